The summed E-state index contributed by atoms with van der Waals surface area (Å²) in [5.74, 6) is 0.0579. The molecule has 6 nitrogen and oxygen atoms in total. The van der Waals surface area contributed by atoms with Crippen LogP contribution in [-0.2, 0) is 0 Å². The molecule has 2 heterocycles. The van der Waals surface area contributed by atoms with Crippen LogP contribution in [0.1, 0.15) is 18.4 Å². The van der Waals surface area contributed by atoms with Gasteiger partial charge in [-0.15, -0.1) is 0 Å². The van der Waals surface area contributed by atoms with Crippen LogP contribution in [0.4, 0.5) is 5.82 Å². The minimum absolute atomic E-state index is 0.0490. The number of aromatic hydroxyl groups is 1. The van der Waals surface area contributed by atoms with Gasteiger partial charge in [-0.05, 0) is 6.07 Å². The van der Waals surface area contributed by atoms with E-state index >= 15 is 0 Å². The Labute approximate surface area is 112 Å². The molecule has 1 aromatic rings. The van der Waals surface area contributed by atoms with Crippen LogP contribution < -0.4 is 16.4 Å². The maximum absolute atomic E-state index is 9.55. The molecule has 1 aromatic heterocycles. The number of anilines is 1. The first-order valence-electron chi connectivity index (χ1n) is 6.42. The van der Waals surface area contributed by atoms with Crippen LogP contribution in [0.5, 0.6) is 5.75 Å². The largest absolute Gasteiger partial charge is 0.504 e. The number of allylic oxidation sites excluding steroid dienone is 1. The maximum atomic E-state index is 9.55. The van der Waals surface area contributed by atoms with E-state index in [1.54, 1.807) is 6.20 Å². The summed E-state index contributed by atoms with van der Waals surface area (Å²) < 4.78 is 0. The van der Waals surface area contributed by atoms with Gasteiger partial charge < -0.3 is 26.9 Å². The van der Waals surface area contributed by atoms with E-state index in [0.29, 0.717) is 11.6 Å². The van der Waals surface area contributed by atoms with Crippen molar-refractivity contribution in [1.29, 1.82) is 5.41 Å². The zero-order valence-electron chi connectivity index (χ0n) is 10.8. The van der Waals surface area contributed by atoms with Crippen molar-refractivity contribution in [2.75, 3.05) is 18.8 Å². The van der Waals surface area contributed by atoms with E-state index in [4.69, 9.17) is 11.1 Å². The van der Waals surface area contributed by atoms with Crippen LogP contribution in [0.3, 0.4) is 0 Å². The lowest BCUT2D eigenvalue weighted by Crippen LogP contribution is -2.86. The molecule has 0 spiro atoms. The average Bonchev–Trinajstić information content (AvgIpc) is 2.44. The topological polar surface area (TPSA) is 112 Å². The van der Waals surface area contributed by atoms with Crippen LogP contribution in [0, 0.1) is 5.41 Å². The number of pyridine rings is 1. The fourth-order valence-electron chi connectivity index (χ4n) is 2.13. The van der Waals surface area contributed by atoms with E-state index in [2.05, 4.69) is 15.6 Å². The Kier molecular flexibility index (Phi) is 4.48. The predicted molar refractivity (Wildman–Crippen MR) is 74.9 cm³/mol. The lowest BCUT2D eigenvalue weighted by molar-refractivity contribution is -0.627. The van der Waals surface area contributed by atoms with Gasteiger partial charge in [0.25, 0.3) is 0 Å². The van der Waals surface area contributed by atoms with Gasteiger partial charge in [0.05, 0.1) is 11.6 Å². The number of nitrogens with two attached hydrogens (primary N) is 2. The Hall–Kier alpha value is -1.92. The summed E-state index contributed by atoms with van der Waals surface area (Å²) in [5.41, 5.74) is 6.89. The molecule has 19 heavy (non-hydrogen) atoms. The summed E-state index contributed by atoms with van der Waals surface area (Å²) in [7, 11) is 0. The summed E-state index contributed by atoms with van der Waals surface area (Å²) in [5, 5.41) is 22.5. The first-order chi connectivity index (χ1) is 9.20. The highest BCUT2D eigenvalue weighted by atomic mass is 16.3. The molecular weight excluding hydrogens is 242 g/mol. The third-order valence-corrected chi connectivity index (χ3v) is 3.32. The Bertz CT molecular complexity index is 480. The molecule has 0 saturated carbocycles. The molecule has 7 N–H and O–H groups in total. The second kappa shape index (κ2) is 6.31. The van der Waals surface area contributed by atoms with E-state index in [9.17, 15) is 5.11 Å². The number of hydrogen-bond acceptors (Lipinski definition) is 5. The van der Waals surface area contributed by atoms with Crippen molar-refractivity contribution in [2.45, 2.75) is 18.9 Å². The molecule has 0 atom stereocenters. The second-order valence-electron chi connectivity index (χ2n) is 4.67. The summed E-state index contributed by atoms with van der Waals surface area (Å²) in [4.78, 5) is 3.90. The van der Waals surface area contributed by atoms with Crippen LogP contribution in [-0.4, -0.2) is 35.4 Å². The van der Waals surface area contributed by atoms with E-state index in [1.165, 1.54) is 12.3 Å². The van der Waals surface area contributed by atoms with Crippen LogP contribution in [0.15, 0.2) is 18.5 Å². The highest BCUT2D eigenvalue weighted by Crippen LogP contribution is 2.21. The van der Waals surface area contributed by atoms with Gasteiger partial charge in [0.1, 0.15) is 6.20 Å². The molecule has 0 aliphatic carbocycles. The van der Waals surface area contributed by atoms with Crippen molar-refractivity contribution in [2.24, 2.45) is 0 Å². The van der Waals surface area contributed by atoms with E-state index < -0.39 is 0 Å². The summed E-state index contributed by atoms with van der Waals surface area (Å²) in [6.45, 7) is 2.08. The highest BCUT2D eigenvalue weighted by Gasteiger charge is 2.15. The van der Waals surface area contributed by atoms with Crippen molar-refractivity contribution in [3.8, 4) is 5.75 Å². The first kappa shape index (κ1) is 13.5. The van der Waals surface area contributed by atoms with Gasteiger partial charge in [-0.1, -0.05) is 0 Å². The molecule has 1 fully saturated rings. The third-order valence-electron chi connectivity index (χ3n) is 3.32. The zero-order valence-corrected chi connectivity index (χ0v) is 10.8. The number of aromatic nitrogens is 1. The number of nitrogens with one attached hydrogen (secondary N) is 2. The lowest BCUT2D eigenvalue weighted by atomic mass is 10.1. The SMILES string of the molecule is N=C/C(=C\[NH2+]C1CCNCC1)c1cnc(N)c(O)c1. The monoisotopic (exact) mass is 262 g/mol. The highest BCUT2D eigenvalue weighted by molar-refractivity contribution is 6.07. The number of quaternary nitrogens is 1. The minimum Gasteiger partial charge on any atom is -0.504 e. The van der Waals surface area contributed by atoms with Crippen molar-refractivity contribution < 1.29 is 10.4 Å². The number of nitrogen functional groups attached to an aromatic ring is 1. The zero-order chi connectivity index (χ0) is 13.7. The average molecular weight is 262 g/mol. The molecule has 102 valence electrons. The molecule has 0 bridgehead atoms. The van der Waals surface area contributed by atoms with Crippen LogP contribution in [0.25, 0.3) is 5.57 Å². The van der Waals surface area contributed by atoms with Gasteiger partial charge in [0.15, 0.2) is 11.6 Å². The molecule has 6 heteroatoms. The fraction of sp³-hybridized carbons (Fsp3) is 0.385. The van der Waals surface area contributed by atoms with Gasteiger partial charge in [-0.2, -0.15) is 0 Å². The third kappa shape index (κ3) is 3.52. The van der Waals surface area contributed by atoms with Gasteiger partial charge >= 0.3 is 0 Å². The van der Waals surface area contributed by atoms with E-state index in [-0.39, 0.29) is 11.6 Å². The molecule has 2 rings (SSSR count). The smallest absolute Gasteiger partial charge is 0.165 e. The van der Waals surface area contributed by atoms with Crippen molar-refractivity contribution >= 4 is 17.6 Å². The van der Waals surface area contributed by atoms with Gasteiger partial charge in [0, 0.05) is 43.9 Å². The molecule has 1 aliphatic heterocycles. The molecule has 0 amide bonds. The molecule has 1 aliphatic rings. The molecule has 0 aromatic carbocycles. The van der Waals surface area contributed by atoms with E-state index in [0.717, 1.165) is 31.5 Å². The Morgan fingerprint density at radius 1 is 1.53 bits per heavy atom. The van der Waals surface area contributed by atoms with Gasteiger partial charge in [-0.3, -0.25) is 0 Å². The fourth-order valence-corrected chi connectivity index (χ4v) is 2.13. The summed E-state index contributed by atoms with van der Waals surface area (Å²) in [6, 6.07) is 2.08. The molecule has 0 radical (unpaired) electrons. The first-order valence-corrected chi connectivity index (χ1v) is 6.42. The Morgan fingerprint density at radius 2 is 2.26 bits per heavy atom. The maximum Gasteiger partial charge on any atom is 0.165 e. The summed E-state index contributed by atoms with van der Waals surface area (Å²) in [6.07, 6.45) is 7.00. The van der Waals surface area contributed by atoms with Crippen molar-refractivity contribution in [1.82, 2.24) is 10.3 Å². The van der Waals surface area contributed by atoms with Crippen molar-refractivity contribution in [3.63, 3.8) is 0 Å². The van der Waals surface area contributed by atoms with E-state index in [1.807, 2.05) is 6.20 Å². The predicted octanol–water partition coefficient (Wildman–Crippen LogP) is -0.325. The molecular formula is C13H20N5O+. The number of hydrogen-bond donors (Lipinski definition) is 5. The minimum atomic E-state index is -0.0490. The van der Waals surface area contributed by atoms with Crippen LogP contribution >= 0.6 is 0 Å². The number of nitrogens with zero attached hydrogens (tertiary/aromatic N) is 1. The standard InChI is InChI=1S/C13H19N5O/c14-6-10(8-17-11-1-3-16-4-2-11)9-5-12(19)13(15)18-7-9/h5-8,11,14,16-17,19H,1-4H2,(H2,15,18)/p+1/b10-8+,14-6?. The quantitative estimate of drug-likeness (QED) is 0.478. The van der Waals surface area contributed by atoms with Gasteiger partial charge in [0.2, 0.25) is 0 Å². The van der Waals surface area contributed by atoms with Crippen LogP contribution in [0.2, 0.25) is 0 Å². The second-order valence-corrected chi connectivity index (χ2v) is 4.67. The molecule has 1 saturated heterocycles. The number of piperidine rings is 1. The Morgan fingerprint density at radius 3 is 2.89 bits per heavy atom. The van der Waals surface area contributed by atoms with Gasteiger partial charge in [-0.25, -0.2) is 4.98 Å². The van der Waals surface area contributed by atoms with Crippen molar-refractivity contribution in [3.05, 3.63) is 24.0 Å². The summed E-state index contributed by atoms with van der Waals surface area (Å²) >= 11 is 0. The Balaban J connectivity index is 2.09. The lowest BCUT2D eigenvalue weighted by Gasteiger charge is -2.19. The molecule has 0 unspecified atom stereocenters. The number of rotatable bonds is 4. The normalized spacial score (nSPS) is 17.4.